The molecule has 2 unspecified atom stereocenters. The van der Waals surface area contributed by atoms with Crippen molar-refractivity contribution in [3.63, 3.8) is 0 Å². The molecule has 1 aromatic heterocycles. The Morgan fingerprint density at radius 2 is 2.19 bits per heavy atom. The topological polar surface area (TPSA) is 56.6 Å². The molecule has 2 fully saturated rings. The Balaban J connectivity index is 1.58. The third kappa shape index (κ3) is 3.31. The van der Waals surface area contributed by atoms with Crippen LogP contribution in [0.15, 0.2) is 6.20 Å². The first kappa shape index (κ1) is 18.9. The van der Waals surface area contributed by atoms with E-state index in [1.165, 1.54) is 32.1 Å². The summed E-state index contributed by atoms with van der Waals surface area (Å²) in [6.07, 6.45) is 10.4. The number of rotatable bonds is 6. The molecule has 2 aliphatic carbocycles. The van der Waals surface area contributed by atoms with Crippen molar-refractivity contribution in [1.29, 1.82) is 0 Å². The molecule has 2 saturated carbocycles. The van der Waals surface area contributed by atoms with Crippen LogP contribution >= 0.6 is 0 Å². The first-order chi connectivity index (χ1) is 13.2. The molecular formula is C21H33N3O3. The van der Waals surface area contributed by atoms with Gasteiger partial charge < -0.3 is 18.9 Å². The quantitative estimate of drug-likeness (QED) is 0.765. The number of ether oxygens (including phenoxy) is 2. The average Bonchev–Trinajstić information content (AvgIpc) is 3.14. The van der Waals surface area contributed by atoms with Gasteiger partial charge in [0.05, 0.1) is 12.7 Å². The summed E-state index contributed by atoms with van der Waals surface area (Å²) < 4.78 is 13.7. The summed E-state index contributed by atoms with van der Waals surface area (Å²) in [7, 11) is 0. The smallest absolute Gasteiger partial charge is 0.274 e. The number of amides is 1. The summed E-state index contributed by atoms with van der Waals surface area (Å²) in [6.45, 7) is 7.76. The second-order valence-electron chi connectivity index (χ2n) is 8.28. The lowest BCUT2D eigenvalue weighted by Gasteiger charge is -2.60. The van der Waals surface area contributed by atoms with Gasteiger partial charge in [-0.25, -0.2) is 4.98 Å². The number of nitrogens with zero attached hydrogens (tertiary/aromatic N) is 3. The predicted octanol–water partition coefficient (Wildman–Crippen LogP) is 3.39. The summed E-state index contributed by atoms with van der Waals surface area (Å²) in [6, 6.07) is 0.289. The Morgan fingerprint density at radius 1 is 1.37 bits per heavy atom. The Morgan fingerprint density at radius 3 is 2.89 bits per heavy atom. The van der Waals surface area contributed by atoms with Crippen LogP contribution in [-0.4, -0.2) is 52.3 Å². The van der Waals surface area contributed by atoms with Crippen LogP contribution < -0.4 is 0 Å². The summed E-state index contributed by atoms with van der Waals surface area (Å²) in [5.74, 6) is 0.956. The highest BCUT2D eigenvalue weighted by Crippen LogP contribution is 2.55. The van der Waals surface area contributed by atoms with Gasteiger partial charge in [-0.2, -0.15) is 0 Å². The van der Waals surface area contributed by atoms with Crippen LogP contribution in [0.25, 0.3) is 0 Å². The fourth-order valence-corrected chi connectivity index (χ4v) is 5.44. The maximum Gasteiger partial charge on any atom is 0.274 e. The van der Waals surface area contributed by atoms with Crippen molar-refractivity contribution in [3.8, 4) is 0 Å². The van der Waals surface area contributed by atoms with Gasteiger partial charge in [0.1, 0.15) is 18.1 Å². The second-order valence-corrected chi connectivity index (χ2v) is 8.28. The van der Waals surface area contributed by atoms with Gasteiger partial charge in [0.25, 0.3) is 5.91 Å². The van der Waals surface area contributed by atoms with Crippen molar-refractivity contribution in [1.82, 2.24) is 14.5 Å². The molecule has 2 atom stereocenters. The van der Waals surface area contributed by atoms with Crippen molar-refractivity contribution in [2.24, 2.45) is 5.41 Å². The molecule has 6 heteroatoms. The summed E-state index contributed by atoms with van der Waals surface area (Å²) in [5.41, 5.74) is 0.733. The van der Waals surface area contributed by atoms with E-state index in [9.17, 15) is 4.79 Å². The lowest BCUT2D eigenvalue weighted by molar-refractivity contribution is -0.174. The molecule has 1 aliphatic heterocycles. The van der Waals surface area contributed by atoms with Crippen molar-refractivity contribution in [2.45, 2.75) is 84.1 Å². The molecule has 1 amide bonds. The van der Waals surface area contributed by atoms with Gasteiger partial charge in [0, 0.05) is 37.4 Å². The van der Waals surface area contributed by atoms with E-state index in [1.54, 1.807) is 0 Å². The summed E-state index contributed by atoms with van der Waals surface area (Å²) >= 11 is 0. The van der Waals surface area contributed by atoms with Crippen molar-refractivity contribution in [3.05, 3.63) is 17.7 Å². The van der Waals surface area contributed by atoms with Gasteiger partial charge >= 0.3 is 0 Å². The van der Waals surface area contributed by atoms with Crippen LogP contribution in [-0.2, 0) is 22.6 Å². The average molecular weight is 376 g/mol. The van der Waals surface area contributed by atoms with Gasteiger partial charge in [0.2, 0.25) is 0 Å². The zero-order valence-corrected chi connectivity index (χ0v) is 16.8. The van der Waals surface area contributed by atoms with E-state index in [0.717, 1.165) is 38.4 Å². The monoisotopic (exact) mass is 375 g/mol. The first-order valence-corrected chi connectivity index (χ1v) is 10.8. The number of carbonyl (C=O) groups excluding carboxylic acids is 1. The molecule has 2 heterocycles. The van der Waals surface area contributed by atoms with E-state index in [1.807, 2.05) is 6.20 Å². The van der Waals surface area contributed by atoms with E-state index < -0.39 is 0 Å². The predicted molar refractivity (Wildman–Crippen MR) is 103 cm³/mol. The van der Waals surface area contributed by atoms with Gasteiger partial charge in [-0.1, -0.05) is 26.2 Å². The molecule has 0 saturated heterocycles. The maximum atomic E-state index is 13.4. The molecule has 6 nitrogen and oxygen atoms in total. The summed E-state index contributed by atoms with van der Waals surface area (Å²) in [4.78, 5) is 20.2. The fourth-order valence-electron chi connectivity index (χ4n) is 5.44. The van der Waals surface area contributed by atoms with Crippen LogP contribution in [0, 0.1) is 5.41 Å². The molecule has 4 rings (SSSR count). The number of carbonyl (C=O) groups is 1. The minimum atomic E-state index is 0.0867. The van der Waals surface area contributed by atoms with Crippen LogP contribution in [0.1, 0.15) is 75.1 Å². The normalized spacial score (nSPS) is 26.4. The van der Waals surface area contributed by atoms with Crippen LogP contribution in [0.4, 0.5) is 0 Å². The highest BCUT2D eigenvalue weighted by molar-refractivity contribution is 5.92. The van der Waals surface area contributed by atoms with Crippen LogP contribution in [0.2, 0.25) is 0 Å². The Labute approximate surface area is 162 Å². The lowest BCUT2D eigenvalue weighted by Crippen LogP contribution is -2.66. The van der Waals surface area contributed by atoms with E-state index in [0.29, 0.717) is 25.0 Å². The number of hydrogen-bond donors (Lipinski definition) is 0. The van der Waals surface area contributed by atoms with Crippen molar-refractivity contribution < 1.29 is 14.3 Å². The van der Waals surface area contributed by atoms with Gasteiger partial charge in [-0.3, -0.25) is 4.79 Å². The van der Waals surface area contributed by atoms with Crippen LogP contribution in [0.5, 0.6) is 0 Å². The SMILES string of the molecule is CCCN(C(=O)c1cn2c(n1)COCC2)C1CC(OCC)C12CCCCC2. The van der Waals surface area contributed by atoms with E-state index in [4.69, 9.17) is 9.47 Å². The van der Waals surface area contributed by atoms with Crippen molar-refractivity contribution in [2.75, 3.05) is 19.8 Å². The molecule has 3 aliphatic rings. The Bertz CT molecular complexity index is 642. The molecule has 0 N–H and O–H groups in total. The third-order valence-electron chi connectivity index (χ3n) is 6.78. The number of fused-ring (bicyclic) bond motifs is 1. The number of imidazole rings is 1. The summed E-state index contributed by atoms with van der Waals surface area (Å²) in [5, 5.41) is 0. The standard InChI is InChI=1S/C21H33N3O3/c1-3-10-24(20(25)16-14-23-11-12-26-15-19(23)22-16)17-13-18(27-4-2)21(17)8-6-5-7-9-21/h14,17-18H,3-13,15H2,1-2H3. The fraction of sp³-hybridized carbons (Fsp3) is 0.810. The molecule has 1 spiro atoms. The first-order valence-electron chi connectivity index (χ1n) is 10.8. The van der Waals surface area contributed by atoms with E-state index in [-0.39, 0.29) is 17.4 Å². The highest BCUT2D eigenvalue weighted by Gasteiger charge is 2.58. The van der Waals surface area contributed by atoms with Gasteiger partial charge in [0.15, 0.2) is 0 Å². The Kier molecular flexibility index (Phi) is 5.55. The van der Waals surface area contributed by atoms with Gasteiger partial charge in [-0.05, 0) is 32.6 Å². The molecule has 150 valence electrons. The molecule has 27 heavy (non-hydrogen) atoms. The number of aromatic nitrogens is 2. The lowest BCUT2D eigenvalue weighted by atomic mass is 9.54. The van der Waals surface area contributed by atoms with E-state index >= 15 is 0 Å². The molecule has 0 radical (unpaired) electrons. The zero-order chi connectivity index (χ0) is 18.9. The highest BCUT2D eigenvalue weighted by atomic mass is 16.5. The zero-order valence-electron chi connectivity index (χ0n) is 16.8. The molecule has 0 aromatic carbocycles. The third-order valence-corrected chi connectivity index (χ3v) is 6.78. The molecule has 1 aromatic rings. The number of hydrogen-bond acceptors (Lipinski definition) is 4. The van der Waals surface area contributed by atoms with E-state index in [2.05, 4.69) is 28.3 Å². The molecular weight excluding hydrogens is 342 g/mol. The Hall–Kier alpha value is -1.40. The largest absolute Gasteiger partial charge is 0.378 e. The van der Waals surface area contributed by atoms with Crippen LogP contribution in [0.3, 0.4) is 0 Å². The minimum absolute atomic E-state index is 0.0867. The van der Waals surface area contributed by atoms with Gasteiger partial charge in [-0.15, -0.1) is 0 Å². The van der Waals surface area contributed by atoms with Crippen molar-refractivity contribution >= 4 is 5.91 Å². The molecule has 0 bridgehead atoms. The second kappa shape index (κ2) is 7.92. The minimum Gasteiger partial charge on any atom is -0.378 e. The maximum absolute atomic E-state index is 13.4.